The zero-order chi connectivity index (χ0) is 40.2. The van der Waals surface area contributed by atoms with Gasteiger partial charge in [-0.3, -0.25) is 28.7 Å². The molecular weight excluding hydrogens is 717 g/mol. The standard InChI is InChI=1S/C38H54N6O9S/c1-8-26-20-38(26,36(49)42-54(50,51)30-15-16-30)21-32(46)31-19-27(44(40)41-34(39)24-10-13-29(52-7)14-11-24)22-43(31)35(48)25(9-12-28(45)17-23(2)3)18-33(47)53-37(4,5)6/h8,10-11,13-14,17,25-27,30-31H,1,9,12,15-16,18-22,40H2,2-7H3,(H2,39,41)(H,42,49)/t25-,26-,27-,31+,38-/m1/s1. The van der Waals surface area contributed by atoms with Crippen LogP contribution in [0, 0.1) is 17.3 Å². The Morgan fingerprint density at radius 1 is 1.15 bits per heavy atom. The van der Waals surface area contributed by atoms with Gasteiger partial charge in [0.1, 0.15) is 11.4 Å². The Hall–Kier alpha value is -4.57. The fourth-order valence-electron chi connectivity index (χ4n) is 6.73. The minimum Gasteiger partial charge on any atom is -0.497 e. The molecule has 3 aliphatic rings. The number of ether oxygens (including phenoxy) is 2. The molecule has 5 atom stereocenters. The number of amides is 2. The van der Waals surface area contributed by atoms with Crippen molar-refractivity contribution < 1.29 is 41.9 Å². The number of likely N-dealkylation sites (tertiary alicyclic amines) is 1. The second kappa shape index (κ2) is 16.8. The number of hydrogen-bond acceptors (Lipinski definition) is 12. The van der Waals surface area contributed by atoms with Gasteiger partial charge in [0.15, 0.2) is 17.4 Å². The largest absolute Gasteiger partial charge is 0.497 e. The number of sulfonamides is 1. The number of rotatable bonds is 18. The highest BCUT2D eigenvalue weighted by Crippen LogP contribution is 2.57. The van der Waals surface area contributed by atoms with Gasteiger partial charge in [-0.25, -0.2) is 19.4 Å². The SMILES string of the molecule is C=C[C@@H]1C[C@]1(CC(=O)[C@@H]1C[C@@H](N(N)/N=C(\N)c2ccc(OC)cc2)CN1C(=O)[C@H](CCC(=O)C=C(C)C)CC(=O)OC(C)(C)C)C(=O)NS(=O)(=O)C1CC1. The van der Waals surface area contributed by atoms with Crippen LogP contribution in [0.2, 0.25) is 0 Å². The zero-order valence-corrected chi connectivity index (χ0v) is 32.8. The van der Waals surface area contributed by atoms with E-state index in [9.17, 15) is 32.4 Å². The second-order valence-electron chi connectivity index (χ2n) is 15.7. The van der Waals surface area contributed by atoms with E-state index in [4.69, 9.17) is 21.1 Å². The molecule has 0 bridgehead atoms. The van der Waals surface area contributed by atoms with Crippen LogP contribution in [0.4, 0.5) is 0 Å². The highest BCUT2D eigenvalue weighted by molar-refractivity contribution is 7.90. The maximum absolute atomic E-state index is 14.5. The van der Waals surface area contributed by atoms with Crippen LogP contribution in [0.15, 0.2) is 53.7 Å². The molecule has 1 aromatic rings. The van der Waals surface area contributed by atoms with Crippen LogP contribution in [-0.4, -0.2) is 90.2 Å². The lowest BCUT2D eigenvalue weighted by Crippen LogP contribution is -2.47. The number of Topliss-reactive ketones (excluding diaryl/α,β-unsaturated/α-hetero) is 1. The van der Waals surface area contributed by atoms with Crippen LogP contribution in [0.5, 0.6) is 5.75 Å². The van der Waals surface area contributed by atoms with Crippen LogP contribution in [-0.2, 0) is 38.7 Å². The molecule has 2 saturated carbocycles. The summed E-state index contributed by atoms with van der Waals surface area (Å²) in [5.74, 6) is 2.88. The Balaban J connectivity index is 1.65. The average molecular weight is 771 g/mol. The number of carbonyl (C=O) groups is 5. The third-order valence-electron chi connectivity index (χ3n) is 9.85. The van der Waals surface area contributed by atoms with Crippen LogP contribution < -0.4 is 21.0 Å². The van der Waals surface area contributed by atoms with Gasteiger partial charge in [0.2, 0.25) is 21.8 Å². The Morgan fingerprint density at radius 3 is 2.33 bits per heavy atom. The molecule has 15 nitrogen and oxygen atoms in total. The fraction of sp³-hybridized carbons (Fsp3) is 0.579. The molecule has 296 valence electrons. The quantitative estimate of drug-likeness (QED) is 0.0373. The van der Waals surface area contributed by atoms with E-state index in [2.05, 4.69) is 16.4 Å². The van der Waals surface area contributed by atoms with Gasteiger partial charge in [-0.1, -0.05) is 11.6 Å². The number of nitrogens with two attached hydrogens (primary N) is 2. The molecule has 0 unspecified atom stereocenters. The van der Waals surface area contributed by atoms with Gasteiger partial charge in [-0.05, 0) is 96.6 Å². The number of hydrogen-bond donors (Lipinski definition) is 3. The lowest BCUT2D eigenvalue weighted by Gasteiger charge is -2.29. The predicted octanol–water partition coefficient (Wildman–Crippen LogP) is 2.88. The molecule has 0 radical (unpaired) electrons. The minimum atomic E-state index is -3.90. The molecule has 1 saturated heterocycles. The first-order chi connectivity index (χ1) is 25.2. The van der Waals surface area contributed by atoms with Crippen LogP contribution >= 0.6 is 0 Å². The van der Waals surface area contributed by atoms with E-state index < -0.39 is 73.8 Å². The van der Waals surface area contributed by atoms with Crippen molar-refractivity contribution in [3.8, 4) is 5.75 Å². The summed E-state index contributed by atoms with van der Waals surface area (Å²) in [6.07, 6.45) is 3.34. The number of esters is 1. The topological polar surface area (TPSA) is 221 Å². The van der Waals surface area contributed by atoms with Crippen molar-refractivity contribution in [2.45, 2.75) is 109 Å². The Bertz CT molecular complexity index is 1790. The van der Waals surface area contributed by atoms with Crippen LogP contribution in [0.1, 0.15) is 91.5 Å². The van der Waals surface area contributed by atoms with Crippen LogP contribution in [0.3, 0.4) is 0 Å². The van der Waals surface area contributed by atoms with Gasteiger partial charge in [0.25, 0.3) is 0 Å². The molecule has 5 N–H and O–H groups in total. The highest BCUT2D eigenvalue weighted by Gasteiger charge is 2.61. The summed E-state index contributed by atoms with van der Waals surface area (Å²) in [6, 6.07) is 4.93. The van der Waals surface area contributed by atoms with Gasteiger partial charge >= 0.3 is 5.97 Å². The molecular formula is C38H54N6O9S. The van der Waals surface area contributed by atoms with E-state index in [1.54, 1.807) is 58.9 Å². The van der Waals surface area contributed by atoms with Gasteiger partial charge in [-0.2, -0.15) is 0 Å². The van der Waals surface area contributed by atoms with E-state index in [1.807, 2.05) is 0 Å². The number of benzene rings is 1. The normalized spacial score (nSPS) is 23.1. The van der Waals surface area contributed by atoms with Gasteiger partial charge < -0.3 is 20.1 Å². The Morgan fingerprint density at radius 2 is 1.80 bits per heavy atom. The number of amidine groups is 1. The maximum atomic E-state index is 14.5. The fourth-order valence-corrected chi connectivity index (χ4v) is 8.12. The molecule has 1 heterocycles. The number of hydrazone groups is 1. The van der Waals surface area contributed by atoms with E-state index >= 15 is 0 Å². The number of carbonyl (C=O) groups excluding carboxylic acids is 5. The van der Waals surface area contributed by atoms with E-state index in [-0.39, 0.29) is 56.7 Å². The molecule has 0 aromatic heterocycles. The molecule has 1 aromatic carbocycles. The number of hydrazine groups is 1. The first-order valence-corrected chi connectivity index (χ1v) is 19.7. The lowest BCUT2D eigenvalue weighted by atomic mass is 9.90. The van der Waals surface area contributed by atoms with Crippen molar-refractivity contribution in [3.05, 3.63) is 54.1 Å². The third kappa shape index (κ3) is 10.8. The molecule has 2 amide bonds. The maximum Gasteiger partial charge on any atom is 0.307 e. The first kappa shape index (κ1) is 42.2. The van der Waals surface area contributed by atoms with E-state index in [0.717, 1.165) is 10.7 Å². The summed E-state index contributed by atoms with van der Waals surface area (Å²) >= 11 is 0. The van der Waals surface area contributed by atoms with Crippen molar-refractivity contribution >= 4 is 45.2 Å². The minimum absolute atomic E-state index is 0.00157. The molecule has 16 heteroatoms. The van der Waals surface area contributed by atoms with E-state index in [1.165, 1.54) is 24.2 Å². The highest BCUT2D eigenvalue weighted by atomic mass is 32.2. The number of ketones is 2. The third-order valence-corrected chi connectivity index (χ3v) is 11.7. The summed E-state index contributed by atoms with van der Waals surface area (Å²) in [7, 11) is -2.37. The summed E-state index contributed by atoms with van der Waals surface area (Å²) in [6.45, 7) is 12.3. The first-order valence-electron chi connectivity index (χ1n) is 18.1. The predicted molar refractivity (Wildman–Crippen MR) is 202 cm³/mol. The lowest BCUT2D eigenvalue weighted by molar-refractivity contribution is -0.159. The Labute approximate surface area is 317 Å². The van der Waals surface area contributed by atoms with E-state index in [0.29, 0.717) is 24.2 Å². The molecule has 4 rings (SSSR count). The van der Waals surface area contributed by atoms with Crippen molar-refractivity contribution in [1.82, 2.24) is 14.7 Å². The number of allylic oxidation sites excluding steroid dienone is 3. The smallest absolute Gasteiger partial charge is 0.307 e. The summed E-state index contributed by atoms with van der Waals surface area (Å²) in [5.41, 5.74) is 5.40. The van der Waals surface area contributed by atoms with Crippen molar-refractivity contribution in [2.24, 2.45) is 33.9 Å². The summed E-state index contributed by atoms with van der Waals surface area (Å²) in [4.78, 5) is 69.5. The molecule has 54 heavy (non-hydrogen) atoms. The Kier molecular flexibility index (Phi) is 13.2. The molecule has 0 spiro atoms. The van der Waals surface area contributed by atoms with Gasteiger partial charge in [0.05, 0.1) is 36.3 Å². The van der Waals surface area contributed by atoms with Crippen molar-refractivity contribution in [3.63, 3.8) is 0 Å². The molecule has 3 fully saturated rings. The monoisotopic (exact) mass is 770 g/mol. The molecule has 2 aliphatic carbocycles. The van der Waals surface area contributed by atoms with Crippen molar-refractivity contribution in [2.75, 3.05) is 13.7 Å². The van der Waals surface area contributed by atoms with Crippen LogP contribution in [0.25, 0.3) is 0 Å². The average Bonchev–Trinajstić information content (AvgIpc) is 4.01. The number of nitrogens with zero attached hydrogens (tertiary/aromatic N) is 3. The van der Waals surface area contributed by atoms with Crippen molar-refractivity contribution in [1.29, 1.82) is 0 Å². The number of nitrogens with one attached hydrogen (secondary N) is 1. The second-order valence-corrected chi connectivity index (χ2v) is 17.7. The molecule has 1 aliphatic heterocycles. The summed E-state index contributed by atoms with van der Waals surface area (Å²) < 4.78 is 38.3. The summed E-state index contributed by atoms with van der Waals surface area (Å²) in [5, 5.41) is 4.78. The van der Waals surface area contributed by atoms with Gasteiger partial charge in [0, 0.05) is 37.3 Å². The van der Waals surface area contributed by atoms with Gasteiger partial charge in [-0.15, -0.1) is 11.7 Å². The zero-order valence-electron chi connectivity index (χ0n) is 32.0. The number of methoxy groups -OCH3 is 1.